The van der Waals surface area contributed by atoms with Gasteiger partial charge in [-0.15, -0.1) is 0 Å². The second kappa shape index (κ2) is 14.1. The van der Waals surface area contributed by atoms with Gasteiger partial charge < -0.3 is 25.0 Å². The lowest BCUT2D eigenvalue weighted by atomic mass is 9.72. The van der Waals surface area contributed by atoms with Crippen molar-refractivity contribution in [1.82, 2.24) is 4.31 Å². The quantitative estimate of drug-likeness (QED) is 0.105. The molecule has 1 unspecified atom stereocenters. The van der Waals surface area contributed by atoms with Crippen LogP contribution >= 0.6 is 0 Å². The lowest BCUT2D eigenvalue weighted by Crippen LogP contribution is -2.42. The predicted molar refractivity (Wildman–Crippen MR) is 139 cm³/mol. The van der Waals surface area contributed by atoms with E-state index in [4.69, 9.17) is 25.3 Å². The summed E-state index contributed by atoms with van der Waals surface area (Å²) in [5.41, 5.74) is 7.11. The third-order valence-corrected chi connectivity index (χ3v) is 7.24. The minimum Gasteiger partial charge on any atom is -0.557 e. The van der Waals surface area contributed by atoms with Gasteiger partial charge in [-0.3, -0.25) is 5.41 Å². The van der Waals surface area contributed by atoms with E-state index in [1.54, 1.807) is 19.2 Å². The number of hydrogen-bond acceptors (Lipinski definition) is 8. The van der Waals surface area contributed by atoms with E-state index in [2.05, 4.69) is 0 Å². The van der Waals surface area contributed by atoms with E-state index in [1.807, 2.05) is 38.1 Å². The third-order valence-electron chi connectivity index (χ3n) is 5.39. The molecule has 0 amide bonds. The molecule has 2 atom stereocenters. The molecule has 0 saturated carbocycles. The van der Waals surface area contributed by atoms with E-state index >= 15 is 0 Å². The van der Waals surface area contributed by atoms with Gasteiger partial charge >= 0.3 is 7.48 Å². The van der Waals surface area contributed by atoms with Crippen molar-refractivity contribution in [3.05, 3.63) is 54.1 Å². The summed E-state index contributed by atoms with van der Waals surface area (Å²) in [7, 11) is -2.16. The molecule has 11 heteroatoms. The molecule has 4 N–H and O–H groups in total. The van der Waals surface area contributed by atoms with Gasteiger partial charge in [0.1, 0.15) is 18.8 Å². The molecule has 9 nitrogen and oxygen atoms in total. The number of rotatable bonds is 16. The van der Waals surface area contributed by atoms with Crippen LogP contribution < -0.4 is 10.5 Å². The number of nitrogens with two attached hydrogens (primary N) is 1. The fourth-order valence-corrected chi connectivity index (χ4v) is 5.19. The molecular weight excluding hydrogens is 469 g/mol. The Bertz CT molecular complexity index is 1000. The van der Waals surface area contributed by atoms with Gasteiger partial charge in [0.25, 0.3) is 0 Å². The zero-order valence-electron chi connectivity index (χ0n) is 20.6. The molecule has 0 aliphatic carbocycles. The highest BCUT2D eigenvalue weighted by Crippen LogP contribution is 2.24. The van der Waals surface area contributed by atoms with Crippen LogP contribution in [0, 0.1) is 11.3 Å². The zero-order valence-corrected chi connectivity index (χ0v) is 21.4. The van der Waals surface area contributed by atoms with Crippen molar-refractivity contribution in [3.63, 3.8) is 0 Å². The lowest BCUT2D eigenvalue weighted by Gasteiger charge is -2.29. The Morgan fingerprint density at radius 3 is 2.31 bits per heavy atom. The maximum absolute atomic E-state index is 13.3. The first-order valence-electron chi connectivity index (χ1n) is 11.5. The summed E-state index contributed by atoms with van der Waals surface area (Å²) in [6.07, 6.45) is 0.240. The van der Waals surface area contributed by atoms with Gasteiger partial charge in [-0.1, -0.05) is 26.0 Å². The minimum absolute atomic E-state index is 0.0488. The van der Waals surface area contributed by atoms with Gasteiger partial charge in [0, 0.05) is 31.7 Å². The van der Waals surface area contributed by atoms with E-state index in [1.165, 1.54) is 16.4 Å². The number of methoxy groups -OCH3 is 1. The second-order valence-corrected chi connectivity index (χ2v) is 10.7. The van der Waals surface area contributed by atoms with Crippen LogP contribution in [0.2, 0.25) is 5.82 Å². The fraction of sp³-hybridized carbons (Fsp3) is 0.458. The summed E-state index contributed by atoms with van der Waals surface area (Å²) in [4.78, 5) is 0.121. The second-order valence-electron chi connectivity index (χ2n) is 8.75. The van der Waals surface area contributed by atoms with Crippen LogP contribution in [0.5, 0.6) is 5.75 Å². The summed E-state index contributed by atoms with van der Waals surface area (Å²) in [6.45, 7) is 4.92. The van der Waals surface area contributed by atoms with Crippen molar-refractivity contribution < 1.29 is 27.7 Å². The first-order chi connectivity index (χ1) is 16.7. The number of aliphatic hydroxyl groups excluding tert-OH is 1. The highest BCUT2D eigenvalue weighted by molar-refractivity contribution is 7.89. The SMILES string of the molecule is COCCOc1ccc(C[C@H](BOC=N)C(O)CN(CC(C)C)S(=O)(=O)c2ccc(N)cc2)cc1. The number of nitrogen functional groups attached to an aromatic ring is 1. The maximum Gasteiger partial charge on any atom is 0.347 e. The molecule has 0 spiro atoms. The Labute approximate surface area is 209 Å². The molecule has 0 aliphatic heterocycles. The zero-order chi connectivity index (χ0) is 25.8. The highest BCUT2D eigenvalue weighted by atomic mass is 32.2. The average molecular weight is 505 g/mol. The standard InChI is InChI=1S/C24H36BN3O6S/c1-18(2)15-28(35(30,31)22-10-6-20(27)7-11-22)16-24(29)23(25-34-17-26)14-19-4-8-21(9-5-19)33-13-12-32-3/h4-11,17-18,23-26,29H,12-16,27H2,1-3H3/t23-,24?/m0/s1. The molecule has 0 heterocycles. The molecule has 2 rings (SSSR count). The van der Waals surface area contributed by atoms with Crippen LogP contribution in [-0.2, 0) is 25.8 Å². The number of aliphatic hydroxyl groups is 1. The third kappa shape index (κ3) is 9.17. The Balaban J connectivity index is 2.18. The summed E-state index contributed by atoms with van der Waals surface area (Å²) in [5, 5.41) is 18.3. The Kier molecular flexibility index (Phi) is 11.5. The Morgan fingerprint density at radius 2 is 1.74 bits per heavy atom. The molecule has 0 aliphatic rings. The molecule has 2 aromatic rings. The van der Waals surface area contributed by atoms with E-state index in [0.717, 1.165) is 12.0 Å². The van der Waals surface area contributed by atoms with E-state index in [9.17, 15) is 13.5 Å². The van der Waals surface area contributed by atoms with E-state index in [0.29, 0.717) is 31.1 Å². The molecule has 192 valence electrons. The number of ether oxygens (including phenoxy) is 2. The van der Waals surface area contributed by atoms with Crippen LogP contribution in [0.3, 0.4) is 0 Å². The van der Waals surface area contributed by atoms with Crippen molar-refractivity contribution in [2.75, 3.05) is 39.1 Å². The average Bonchev–Trinajstić information content (AvgIpc) is 2.82. The number of nitrogens with one attached hydrogen (secondary N) is 1. The van der Waals surface area contributed by atoms with Crippen LogP contribution in [0.4, 0.5) is 5.69 Å². The van der Waals surface area contributed by atoms with Crippen molar-refractivity contribution >= 4 is 29.6 Å². The Hall–Kier alpha value is -2.60. The fourth-order valence-electron chi connectivity index (χ4n) is 3.57. The normalized spacial score (nSPS) is 13.4. The largest absolute Gasteiger partial charge is 0.557 e. The van der Waals surface area contributed by atoms with Crippen LogP contribution in [0.15, 0.2) is 53.4 Å². The van der Waals surface area contributed by atoms with Crippen LogP contribution in [0.25, 0.3) is 0 Å². The molecule has 0 fully saturated rings. The molecular formula is C24H36BN3O6S. The molecule has 35 heavy (non-hydrogen) atoms. The summed E-state index contributed by atoms with van der Waals surface area (Å²) in [5.74, 6) is 0.317. The van der Waals surface area contributed by atoms with Gasteiger partial charge in [-0.05, 0) is 54.3 Å². The summed E-state index contributed by atoms with van der Waals surface area (Å²) in [6, 6.07) is 13.5. The van der Waals surface area contributed by atoms with Crippen molar-refractivity contribution in [1.29, 1.82) is 5.41 Å². The lowest BCUT2D eigenvalue weighted by molar-refractivity contribution is 0.130. The summed E-state index contributed by atoms with van der Waals surface area (Å²) < 4.78 is 43.7. The van der Waals surface area contributed by atoms with E-state index in [-0.39, 0.29) is 31.4 Å². The Morgan fingerprint density at radius 1 is 1.09 bits per heavy atom. The van der Waals surface area contributed by atoms with Gasteiger partial charge in [-0.25, -0.2) is 8.42 Å². The van der Waals surface area contributed by atoms with Gasteiger partial charge in [0.05, 0.1) is 17.6 Å². The van der Waals surface area contributed by atoms with Crippen molar-refractivity contribution in [2.45, 2.75) is 37.1 Å². The van der Waals surface area contributed by atoms with Gasteiger partial charge in [0.2, 0.25) is 10.0 Å². The molecule has 0 radical (unpaired) electrons. The van der Waals surface area contributed by atoms with Crippen molar-refractivity contribution in [3.8, 4) is 5.75 Å². The number of sulfonamides is 1. The van der Waals surface area contributed by atoms with E-state index < -0.39 is 21.9 Å². The smallest absolute Gasteiger partial charge is 0.347 e. The number of anilines is 1. The van der Waals surface area contributed by atoms with Gasteiger partial charge in [-0.2, -0.15) is 4.31 Å². The van der Waals surface area contributed by atoms with Crippen LogP contribution in [0.1, 0.15) is 19.4 Å². The summed E-state index contributed by atoms with van der Waals surface area (Å²) >= 11 is 0. The predicted octanol–water partition coefficient (Wildman–Crippen LogP) is 2.31. The number of nitrogens with zero attached hydrogens (tertiary/aromatic N) is 1. The minimum atomic E-state index is -3.85. The number of hydrogen-bond donors (Lipinski definition) is 3. The monoisotopic (exact) mass is 505 g/mol. The molecule has 2 aromatic carbocycles. The number of benzene rings is 2. The topological polar surface area (TPSA) is 135 Å². The first-order valence-corrected chi connectivity index (χ1v) is 13.0. The van der Waals surface area contributed by atoms with Crippen molar-refractivity contribution in [2.24, 2.45) is 5.92 Å². The molecule has 0 saturated heterocycles. The van der Waals surface area contributed by atoms with Crippen LogP contribution in [-0.4, -0.2) is 71.2 Å². The maximum atomic E-state index is 13.3. The first kappa shape index (κ1) is 28.6. The molecule has 0 aromatic heterocycles. The molecule has 0 bridgehead atoms. The highest BCUT2D eigenvalue weighted by Gasteiger charge is 2.31. The van der Waals surface area contributed by atoms with Gasteiger partial charge in [0.15, 0.2) is 0 Å².